The Morgan fingerprint density at radius 3 is 2.45 bits per heavy atom. The number of Topliss-reactive ketones (excluding diaryl/α,β-unsaturated/α-hetero) is 1. The molecular weight excluding hydrogens is 384 g/mol. The zero-order chi connectivity index (χ0) is 20.1. The lowest BCUT2D eigenvalue weighted by atomic mass is 10.1. The molecule has 1 aromatic carbocycles. The molecule has 1 aliphatic rings. The van der Waals surface area contributed by atoms with Gasteiger partial charge in [0.15, 0.2) is 5.78 Å². The van der Waals surface area contributed by atoms with Crippen LogP contribution >= 0.6 is 11.3 Å². The van der Waals surface area contributed by atoms with Gasteiger partial charge in [-0.15, -0.1) is 11.3 Å². The van der Waals surface area contributed by atoms with Gasteiger partial charge in [0.1, 0.15) is 12.1 Å². The topological polar surface area (TPSA) is 66.4 Å². The number of nitrogens with zero attached hydrogens (tertiary/aromatic N) is 4. The second kappa shape index (κ2) is 8.96. The summed E-state index contributed by atoms with van der Waals surface area (Å²) in [4.78, 5) is 38.1. The fourth-order valence-corrected chi connectivity index (χ4v) is 4.11. The van der Waals surface area contributed by atoms with Gasteiger partial charge in [-0.1, -0.05) is 36.4 Å². The Kier molecular flexibility index (Phi) is 5.95. The lowest BCUT2D eigenvalue weighted by molar-refractivity contribution is -0.131. The van der Waals surface area contributed by atoms with Crippen LogP contribution in [-0.2, 0) is 4.79 Å². The summed E-state index contributed by atoms with van der Waals surface area (Å²) in [6.45, 7) is 2.71. The highest BCUT2D eigenvalue weighted by Gasteiger charge is 2.23. The maximum Gasteiger partial charge on any atom is 0.223 e. The van der Waals surface area contributed by atoms with Crippen molar-refractivity contribution in [2.75, 3.05) is 31.1 Å². The van der Waals surface area contributed by atoms with E-state index in [2.05, 4.69) is 14.9 Å². The Hall–Kier alpha value is -3.06. The number of hydrogen-bond acceptors (Lipinski definition) is 6. The van der Waals surface area contributed by atoms with Crippen LogP contribution in [0.5, 0.6) is 0 Å². The van der Waals surface area contributed by atoms with Crippen molar-refractivity contribution in [1.29, 1.82) is 0 Å². The summed E-state index contributed by atoms with van der Waals surface area (Å²) in [7, 11) is 0. The number of thiophene rings is 1. The minimum Gasteiger partial charge on any atom is -0.353 e. The van der Waals surface area contributed by atoms with E-state index in [9.17, 15) is 9.59 Å². The van der Waals surface area contributed by atoms with Gasteiger partial charge in [0.05, 0.1) is 10.6 Å². The summed E-state index contributed by atoms with van der Waals surface area (Å²) in [5.41, 5.74) is 1.95. The number of aromatic nitrogens is 2. The van der Waals surface area contributed by atoms with Crippen molar-refractivity contribution < 1.29 is 9.59 Å². The third-order valence-corrected chi connectivity index (χ3v) is 5.95. The molecule has 0 radical (unpaired) electrons. The number of amides is 1. The Morgan fingerprint density at radius 1 is 0.931 bits per heavy atom. The van der Waals surface area contributed by atoms with E-state index in [1.54, 1.807) is 6.33 Å². The van der Waals surface area contributed by atoms with Gasteiger partial charge in [-0.3, -0.25) is 9.59 Å². The van der Waals surface area contributed by atoms with Crippen molar-refractivity contribution in [2.24, 2.45) is 0 Å². The van der Waals surface area contributed by atoms with Crippen molar-refractivity contribution >= 4 is 28.8 Å². The maximum atomic E-state index is 12.5. The Bertz CT molecular complexity index is 967. The van der Waals surface area contributed by atoms with Crippen LogP contribution in [0.15, 0.2) is 60.2 Å². The predicted octanol–water partition coefficient (Wildman–Crippen LogP) is 3.52. The molecule has 0 spiro atoms. The molecule has 0 atom stereocenters. The lowest BCUT2D eigenvalue weighted by Crippen LogP contribution is -2.49. The summed E-state index contributed by atoms with van der Waals surface area (Å²) < 4.78 is 0. The molecular formula is C22H22N4O2S. The van der Waals surface area contributed by atoms with E-state index in [0.717, 1.165) is 35.0 Å². The molecule has 1 amide bonds. The first-order valence-corrected chi connectivity index (χ1v) is 10.6. The smallest absolute Gasteiger partial charge is 0.223 e. The van der Waals surface area contributed by atoms with Crippen molar-refractivity contribution in [3.05, 3.63) is 65.1 Å². The highest BCUT2D eigenvalue weighted by atomic mass is 32.1. The van der Waals surface area contributed by atoms with Gasteiger partial charge in [-0.25, -0.2) is 9.97 Å². The fraction of sp³-hybridized carbons (Fsp3) is 0.273. The monoisotopic (exact) mass is 406 g/mol. The van der Waals surface area contributed by atoms with E-state index in [1.807, 2.05) is 58.8 Å². The molecule has 0 saturated carbocycles. The van der Waals surface area contributed by atoms with Crippen LogP contribution in [0.4, 0.5) is 5.82 Å². The van der Waals surface area contributed by atoms with Crippen molar-refractivity contribution in [3.8, 4) is 11.3 Å². The van der Waals surface area contributed by atoms with E-state index in [0.29, 0.717) is 13.1 Å². The van der Waals surface area contributed by atoms with Gasteiger partial charge in [-0.05, 0) is 11.4 Å². The van der Waals surface area contributed by atoms with Gasteiger partial charge in [-0.2, -0.15) is 0 Å². The molecule has 0 bridgehead atoms. The largest absolute Gasteiger partial charge is 0.353 e. The quantitative estimate of drug-likeness (QED) is 0.586. The number of carbonyl (C=O) groups excluding carboxylic acids is 2. The van der Waals surface area contributed by atoms with Crippen LogP contribution in [0.25, 0.3) is 11.3 Å². The SMILES string of the molecule is O=C(CCC(=O)N1CCN(c2cc(-c3ccccc3)ncn2)CC1)c1cccs1. The third-order valence-electron chi connectivity index (χ3n) is 5.04. The molecule has 148 valence electrons. The van der Waals surface area contributed by atoms with Gasteiger partial charge >= 0.3 is 0 Å². The van der Waals surface area contributed by atoms with Crippen LogP contribution in [0.1, 0.15) is 22.5 Å². The highest BCUT2D eigenvalue weighted by molar-refractivity contribution is 7.12. The standard InChI is InChI=1S/C22H22N4O2S/c27-19(20-7-4-14-29-20)8-9-22(28)26-12-10-25(11-13-26)21-15-18(23-16-24-21)17-5-2-1-3-6-17/h1-7,14-16H,8-13H2. The zero-order valence-corrected chi connectivity index (χ0v) is 16.8. The van der Waals surface area contributed by atoms with Crippen molar-refractivity contribution in [2.45, 2.75) is 12.8 Å². The maximum absolute atomic E-state index is 12.5. The minimum absolute atomic E-state index is 0.0430. The average molecular weight is 407 g/mol. The molecule has 3 aromatic rings. The molecule has 4 rings (SSSR count). The van der Waals surface area contributed by atoms with Crippen LogP contribution in [-0.4, -0.2) is 52.7 Å². The molecule has 0 aliphatic carbocycles. The number of benzene rings is 1. The molecule has 29 heavy (non-hydrogen) atoms. The van der Waals surface area contributed by atoms with Gasteiger partial charge in [0.2, 0.25) is 5.91 Å². The highest BCUT2D eigenvalue weighted by Crippen LogP contribution is 2.21. The van der Waals surface area contributed by atoms with E-state index >= 15 is 0 Å². The number of carbonyl (C=O) groups is 2. The predicted molar refractivity (Wildman–Crippen MR) is 114 cm³/mol. The Balaban J connectivity index is 1.31. The summed E-state index contributed by atoms with van der Waals surface area (Å²) >= 11 is 1.42. The Labute approximate surface area is 173 Å². The number of anilines is 1. The molecule has 1 fully saturated rings. The van der Waals surface area contributed by atoms with E-state index in [-0.39, 0.29) is 24.5 Å². The summed E-state index contributed by atoms with van der Waals surface area (Å²) in [6.07, 6.45) is 2.12. The average Bonchev–Trinajstić information content (AvgIpc) is 3.33. The summed E-state index contributed by atoms with van der Waals surface area (Å²) in [5.74, 6) is 0.961. The fourth-order valence-electron chi connectivity index (χ4n) is 3.41. The first kappa shape index (κ1) is 19.3. The normalized spacial score (nSPS) is 14.1. The van der Waals surface area contributed by atoms with Crippen molar-refractivity contribution in [1.82, 2.24) is 14.9 Å². The number of hydrogen-bond donors (Lipinski definition) is 0. The second-order valence-electron chi connectivity index (χ2n) is 6.90. The van der Waals surface area contributed by atoms with Gasteiger partial charge < -0.3 is 9.80 Å². The van der Waals surface area contributed by atoms with Crippen molar-refractivity contribution in [3.63, 3.8) is 0 Å². The molecule has 1 aliphatic heterocycles. The molecule has 7 heteroatoms. The van der Waals surface area contributed by atoms with E-state index in [1.165, 1.54) is 11.3 Å². The molecule has 1 saturated heterocycles. The van der Waals surface area contributed by atoms with E-state index in [4.69, 9.17) is 0 Å². The number of piperazine rings is 1. The first-order valence-electron chi connectivity index (χ1n) is 9.67. The van der Waals surface area contributed by atoms with Gasteiger partial charge in [0, 0.05) is 50.7 Å². The van der Waals surface area contributed by atoms with Gasteiger partial charge in [0.25, 0.3) is 0 Å². The summed E-state index contributed by atoms with van der Waals surface area (Å²) in [6, 6.07) is 15.7. The minimum atomic E-state index is 0.0430. The van der Waals surface area contributed by atoms with Crippen LogP contribution in [0.2, 0.25) is 0 Å². The molecule has 6 nitrogen and oxygen atoms in total. The Morgan fingerprint density at radius 2 is 1.72 bits per heavy atom. The number of rotatable bonds is 6. The summed E-state index contributed by atoms with van der Waals surface area (Å²) in [5, 5.41) is 1.88. The zero-order valence-electron chi connectivity index (χ0n) is 16.0. The molecule has 2 aromatic heterocycles. The molecule has 0 N–H and O–H groups in total. The van der Waals surface area contributed by atoms with Crippen LogP contribution in [0.3, 0.4) is 0 Å². The molecule has 0 unspecified atom stereocenters. The van der Waals surface area contributed by atoms with Crippen LogP contribution in [0, 0.1) is 0 Å². The molecule has 3 heterocycles. The first-order chi connectivity index (χ1) is 14.2. The van der Waals surface area contributed by atoms with Crippen LogP contribution < -0.4 is 4.90 Å². The van der Waals surface area contributed by atoms with E-state index < -0.39 is 0 Å². The second-order valence-corrected chi connectivity index (χ2v) is 7.84. The lowest BCUT2D eigenvalue weighted by Gasteiger charge is -2.35. The third kappa shape index (κ3) is 4.68. The number of ketones is 1.